The first-order chi connectivity index (χ1) is 9.15. The normalized spacial score (nSPS) is 30.9. The molecule has 1 N–H and O–H groups in total. The van der Waals surface area contributed by atoms with Gasteiger partial charge in [-0.05, 0) is 31.6 Å². The van der Waals surface area contributed by atoms with E-state index in [1.807, 2.05) is 0 Å². The van der Waals surface area contributed by atoms with Crippen LogP contribution in [0.25, 0.3) is 0 Å². The molecular weight excluding hydrogens is 234 g/mol. The summed E-state index contributed by atoms with van der Waals surface area (Å²) < 4.78 is 6.73. The van der Waals surface area contributed by atoms with Crippen molar-refractivity contribution in [3.63, 3.8) is 0 Å². The maximum atomic E-state index is 6.73. The van der Waals surface area contributed by atoms with E-state index in [0.717, 1.165) is 12.5 Å². The summed E-state index contributed by atoms with van der Waals surface area (Å²) in [4.78, 5) is 0. The van der Waals surface area contributed by atoms with E-state index in [0.29, 0.717) is 12.1 Å². The van der Waals surface area contributed by atoms with Gasteiger partial charge in [-0.2, -0.15) is 0 Å². The average Bonchev–Trinajstić information content (AvgIpc) is 2.86. The molecule has 0 radical (unpaired) electrons. The van der Waals surface area contributed by atoms with Gasteiger partial charge in [-0.3, -0.25) is 0 Å². The van der Waals surface area contributed by atoms with Crippen LogP contribution < -0.4 is 5.32 Å². The Bertz CT molecular complexity index is 258. The molecule has 2 aliphatic carbocycles. The van der Waals surface area contributed by atoms with Crippen LogP contribution in [0.15, 0.2) is 0 Å². The summed E-state index contributed by atoms with van der Waals surface area (Å²) in [7, 11) is 0. The second-order valence-corrected chi connectivity index (χ2v) is 7.03. The van der Waals surface area contributed by atoms with Gasteiger partial charge in [0.2, 0.25) is 0 Å². The van der Waals surface area contributed by atoms with Crippen molar-refractivity contribution in [3.05, 3.63) is 0 Å². The lowest BCUT2D eigenvalue weighted by molar-refractivity contribution is -0.122. The van der Waals surface area contributed by atoms with Crippen molar-refractivity contribution in [1.82, 2.24) is 5.32 Å². The molecule has 0 bridgehead atoms. The third-order valence-electron chi connectivity index (χ3n) is 5.11. The van der Waals surface area contributed by atoms with Crippen LogP contribution >= 0.6 is 0 Å². The number of rotatable bonds is 6. The smallest absolute Gasteiger partial charge is 0.0810 e. The SMILES string of the molecule is CCC1CCCCC1OC1(CNC(C)C)CCCC1. The first-order valence-electron chi connectivity index (χ1n) is 8.56. The van der Waals surface area contributed by atoms with Gasteiger partial charge in [-0.15, -0.1) is 0 Å². The highest BCUT2D eigenvalue weighted by atomic mass is 16.5. The lowest BCUT2D eigenvalue weighted by Crippen LogP contribution is -2.47. The number of hydrogen-bond acceptors (Lipinski definition) is 2. The predicted octanol–water partition coefficient (Wildman–Crippen LogP) is 4.28. The molecule has 0 aromatic rings. The minimum Gasteiger partial charge on any atom is -0.370 e. The molecule has 0 saturated heterocycles. The molecule has 2 aliphatic rings. The molecule has 2 unspecified atom stereocenters. The quantitative estimate of drug-likeness (QED) is 0.775. The minimum atomic E-state index is 0.152. The van der Waals surface area contributed by atoms with Crippen LogP contribution in [-0.4, -0.2) is 24.3 Å². The van der Waals surface area contributed by atoms with Gasteiger partial charge in [0.1, 0.15) is 0 Å². The maximum Gasteiger partial charge on any atom is 0.0810 e. The topological polar surface area (TPSA) is 21.3 Å². The molecule has 2 atom stereocenters. The number of nitrogens with one attached hydrogen (secondary N) is 1. The Morgan fingerprint density at radius 2 is 1.79 bits per heavy atom. The summed E-state index contributed by atoms with van der Waals surface area (Å²) >= 11 is 0. The monoisotopic (exact) mass is 267 g/mol. The fourth-order valence-electron chi connectivity index (χ4n) is 3.86. The molecule has 0 aromatic heterocycles. The van der Waals surface area contributed by atoms with Crippen molar-refractivity contribution in [2.75, 3.05) is 6.54 Å². The standard InChI is InChI=1S/C17H33NO/c1-4-15-9-5-6-10-16(15)19-17(11-7-8-12-17)13-18-14(2)3/h14-16,18H,4-13H2,1-3H3. The molecule has 2 rings (SSSR count). The molecule has 2 nitrogen and oxygen atoms in total. The predicted molar refractivity (Wildman–Crippen MR) is 81.5 cm³/mol. The first kappa shape index (κ1) is 15.3. The minimum absolute atomic E-state index is 0.152. The second-order valence-electron chi connectivity index (χ2n) is 7.03. The fraction of sp³-hybridized carbons (Fsp3) is 1.00. The summed E-state index contributed by atoms with van der Waals surface area (Å²) in [5.41, 5.74) is 0.152. The Morgan fingerprint density at radius 3 is 2.42 bits per heavy atom. The average molecular weight is 267 g/mol. The van der Waals surface area contributed by atoms with Crippen molar-refractivity contribution >= 4 is 0 Å². The molecule has 0 aromatic carbocycles. The zero-order valence-corrected chi connectivity index (χ0v) is 13.2. The van der Waals surface area contributed by atoms with Gasteiger partial charge < -0.3 is 10.1 Å². The van der Waals surface area contributed by atoms with Crippen LogP contribution in [0.1, 0.15) is 78.6 Å². The van der Waals surface area contributed by atoms with E-state index in [9.17, 15) is 0 Å². The zero-order chi connectivity index (χ0) is 13.7. The summed E-state index contributed by atoms with van der Waals surface area (Å²) in [6, 6.07) is 0.564. The van der Waals surface area contributed by atoms with Crippen LogP contribution in [-0.2, 0) is 4.74 Å². The first-order valence-corrected chi connectivity index (χ1v) is 8.56. The molecule has 19 heavy (non-hydrogen) atoms. The van der Waals surface area contributed by atoms with E-state index < -0.39 is 0 Å². The van der Waals surface area contributed by atoms with Crippen molar-refractivity contribution in [3.8, 4) is 0 Å². The van der Waals surface area contributed by atoms with Gasteiger partial charge in [-0.1, -0.05) is 52.9 Å². The van der Waals surface area contributed by atoms with Crippen molar-refractivity contribution in [2.24, 2.45) is 5.92 Å². The molecule has 0 heterocycles. The third kappa shape index (κ3) is 4.19. The Morgan fingerprint density at radius 1 is 1.11 bits per heavy atom. The Kier molecular flexibility index (Phi) is 5.70. The fourth-order valence-corrected chi connectivity index (χ4v) is 3.86. The van der Waals surface area contributed by atoms with Crippen LogP contribution in [0, 0.1) is 5.92 Å². The second kappa shape index (κ2) is 7.08. The Labute approximate surface area is 119 Å². The summed E-state index contributed by atoms with van der Waals surface area (Å²) in [6.07, 6.45) is 12.5. The van der Waals surface area contributed by atoms with E-state index in [4.69, 9.17) is 4.74 Å². The van der Waals surface area contributed by atoms with Crippen LogP contribution in [0.5, 0.6) is 0 Å². The van der Waals surface area contributed by atoms with Crippen molar-refractivity contribution in [2.45, 2.75) is 96.3 Å². The van der Waals surface area contributed by atoms with Crippen molar-refractivity contribution in [1.29, 1.82) is 0 Å². The highest BCUT2D eigenvalue weighted by Gasteiger charge is 2.39. The van der Waals surface area contributed by atoms with E-state index >= 15 is 0 Å². The lowest BCUT2D eigenvalue weighted by Gasteiger charge is -2.40. The van der Waals surface area contributed by atoms with Gasteiger partial charge in [0.25, 0.3) is 0 Å². The zero-order valence-electron chi connectivity index (χ0n) is 13.2. The maximum absolute atomic E-state index is 6.73. The van der Waals surface area contributed by atoms with E-state index in [2.05, 4.69) is 26.1 Å². The van der Waals surface area contributed by atoms with E-state index in [1.165, 1.54) is 57.8 Å². The van der Waals surface area contributed by atoms with Gasteiger partial charge >= 0.3 is 0 Å². The van der Waals surface area contributed by atoms with Gasteiger partial charge in [0, 0.05) is 12.6 Å². The van der Waals surface area contributed by atoms with Crippen LogP contribution in [0.4, 0.5) is 0 Å². The highest BCUT2D eigenvalue weighted by Crippen LogP contribution is 2.39. The highest BCUT2D eigenvalue weighted by molar-refractivity contribution is 4.91. The van der Waals surface area contributed by atoms with Gasteiger partial charge in [-0.25, -0.2) is 0 Å². The molecule has 112 valence electrons. The molecule has 0 aliphatic heterocycles. The Hall–Kier alpha value is -0.0800. The Balaban J connectivity index is 1.94. The van der Waals surface area contributed by atoms with E-state index in [-0.39, 0.29) is 5.60 Å². The molecule has 0 spiro atoms. The largest absolute Gasteiger partial charge is 0.370 e. The number of ether oxygens (including phenoxy) is 1. The summed E-state index contributed by atoms with van der Waals surface area (Å²) in [6.45, 7) is 7.86. The molecule has 2 fully saturated rings. The van der Waals surface area contributed by atoms with E-state index in [1.54, 1.807) is 0 Å². The molecule has 2 heteroatoms. The van der Waals surface area contributed by atoms with Crippen molar-refractivity contribution < 1.29 is 4.74 Å². The van der Waals surface area contributed by atoms with Gasteiger partial charge in [0.15, 0.2) is 0 Å². The van der Waals surface area contributed by atoms with Crippen LogP contribution in [0.3, 0.4) is 0 Å². The number of hydrogen-bond donors (Lipinski definition) is 1. The summed E-state index contributed by atoms with van der Waals surface area (Å²) in [5.74, 6) is 0.810. The van der Waals surface area contributed by atoms with Crippen LogP contribution in [0.2, 0.25) is 0 Å². The molecular formula is C17H33NO. The van der Waals surface area contributed by atoms with Gasteiger partial charge in [0.05, 0.1) is 11.7 Å². The summed E-state index contributed by atoms with van der Waals surface area (Å²) in [5, 5.41) is 3.63. The third-order valence-corrected chi connectivity index (χ3v) is 5.11. The lowest BCUT2D eigenvalue weighted by atomic mass is 9.84. The molecule has 0 amide bonds. The molecule has 2 saturated carbocycles.